The quantitative estimate of drug-likeness (QED) is 0.821. The van der Waals surface area contributed by atoms with Gasteiger partial charge in [-0.3, -0.25) is 4.90 Å². The van der Waals surface area contributed by atoms with E-state index in [0.29, 0.717) is 12.0 Å². The van der Waals surface area contributed by atoms with Crippen molar-refractivity contribution in [2.24, 2.45) is 5.92 Å². The Hall–Kier alpha value is -0.800. The van der Waals surface area contributed by atoms with E-state index in [2.05, 4.69) is 29.4 Å². The first kappa shape index (κ1) is 10.7. The molecule has 84 valence electrons. The summed E-state index contributed by atoms with van der Waals surface area (Å²) in [6.07, 6.45) is 1.25. The maximum atomic E-state index is 5.74. The minimum atomic E-state index is 0.450. The Morgan fingerprint density at radius 3 is 2.93 bits per heavy atom. The summed E-state index contributed by atoms with van der Waals surface area (Å²) < 4.78 is 5.74. The van der Waals surface area contributed by atoms with E-state index in [4.69, 9.17) is 4.42 Å². The highest BCUT2D eigenvalue weighted by Crippen LogP contribution is 2.36. The fraction of sp³-hybridized carbons (Fsp3) is 0.667. The van der Waals surface area contributed by atoms with Crippen LogP contribution in [0.5, 0.6) is 0 Å². The standard InChI is InChI=1S/C12H20N2O/c1-9-4-5-11(15-9)12-10(8-13-2)6-7-14(12)3/h4-5,10,12-13H,6-8H2,1-3H3. The third-order valence-electron chi connectivity index (χ3n) is 3.29. The number of rotatable bonds is 3. The van der Waals surface area contributed by atoms with Crippen LogP contribution in [0.15, 0.2) is 16.5 Å². The van der Waals surface area contributed by atoms with E-state index in [0.717, 1.165) is 24.6 Å². The Morgan fingerprint density at radius 2 is 2.33 bits per heavy atom. The molecule has 0 amide bonds. The molecular formula is C12H20N2O. The van der Waals surface area contributed by atoms with Crippen molar-refractivity contribution in [3.8, 4) is 0 Å². The lowest BCUT2D eigenvalue weighted by Gasteiger charge is -2.22. The molecule has 1 saturated heterocycles. The molecule has 0 spiro atoms. The van der Waals surface area contributed by atoms with E-state index in [-0.39, 0.29) is 0 Å². The van der Waals surface area contributed by atoms with Gasteiger partial charge in [-0.2, -0.15) is 0 Å². The molecule has 1 N–H and O–H groups in total. The Bertz CT molecular complexity index is 319. The van der Waals surface area contributed by atoms with Crippen molar-refractivity contribution in [2.45, 2.75) is 19.4 Å². The predicted molar refractivity (Wildman–Crippen MR) is 60.8 cm³/mol. The normalized spacial score (nSPS) is 27.4. The van der Waals surface area contributed by atoms with Crippen LogP contribution in [0.25, 0.3) is 0 Å². The van der Waals surface area contributed by atoms with E-state index >= 15 is 0 Å². The third-order valence-corrected chi connectivity index (χ3v) is 3.29. The van der Waals surface area contributed by atoms with Crippen molar-refractivity contribution in [3.05, 3.63) is 23.7 Å². The fourth-order valence-corrected chi connectivity index (χ4v) is 2.56. The summed E-state index contributed by atoms with van der Waals surface area (Å²) in [6, 6.07) is 4.62. The number of aryl methyl sites for hydroxylation is 1. The minimum Gasteiger partial charge on any atom is -0.465 e. The maximum Gasteiger partial charge on any atom is 0.121 e. The Kier molecular flexibility index (Phi) is 3.12. The average molecular weight is 208 g/mol. The van der Waals surface area contributed by atoms with Crippen LogP contribution in [0, 0.1) is 12.8 Å². The Morgan fingerprint density at radius 1 is 1.53 bits per heavy atom. The second-order valence-electron chi connectivity index (χ2n) is 4.48. The number of nitrogens with one attached hydrogen (secondary N) is 1. The van der Waals surface area contributed by atoms with Crippen LogP contribution in [-0.4, -0.2) is 32.1 Å². The molecule has 1 fully saturated rings. The van der Waals surface area contributed by atoms with Crippen molar-refractivity contribution in [3.63, 3.8) is 0 Å². The van der Waals surface area contributed by atoms with Gasteiger partial charge in [-0.05, 0) is 58.6 Å². The average Bonchev–Trinajstić information content (AvgIpc) is 2.74. The third kappa shape index (κ3) is 2.08. The maximum absolute atomic E-state index is 5.74. The summed E-state index contributed by atoms with van der Waals surface area (Å²) in [4.78, 5) is 2.39. The van der Waals surface area contributed by atoms with Crippen molar-refractivity contribution >= 4 is 0 Å². The van der Waals surface area contributed by atoms with Gasteiger partial charge in [-0.15, -0.1) is 0 Å². The van der Waals surface area contributed by atoms with Gasteiger partial charge >= 0.3 is 0 Å². The van der Waals surface area contributed by atoms with E-state index in [9.17, 15) is 0 Å². The lowest BCUT2D eigenvalue weighted by Crippen LogP contribution is -2.26. The smallest absolute Gasteiger partial charge is 0.121 e. The molecule has 0 saturated carbocycles. The van der Waals surface area contributed by atoms with Gasteiger partial charge in [0, 0.05) is 0 Å². The van der Waals surface area contributed by atoms with Gasteiger partial charge in [-0.25, -0.2) is 0 Å². The van der Waals surface area contributed by atoms with Crippen LogP contribution in [-0.2, 0) is 0 Å². The van der Waals surface area contributed by atoms with Gasteiger partial charge < -0.3 is 9.73 Å². The Labute approximate surface area is 91.4 Å². The summed E-state index contributed by atoms with van der Waals surface area (Å²) in [5, 5.41) is 3.27. The highest BCUT2D eigenvalue weighted by atomic mass is 16.3. The molecule has 0 aliphatic carbocycles. The molecule has 3 heteroatoms. The predicted octanol–water partition coefficient (Wildman–Crippen LogP) is 1.80. The molecule has 1 aliphatic heterocycles. The zero-order valence-corrected chi connectivity index (χ0v) is 9.79. The van der Waals surface area contributed by atoms with E-state index in [1.807, 2.05) is 14.0 Å². The largest absolute Gasteiger partial charge is 0.465 e. The van der Waals surface area contributed by atoms with Crippen molar-refractivity contribution in [1.29, 1.82) is 0 Å². The van der Waals surface area contributed by atoms with Crippen LogP contribution in [0.2, 0.25) is 0 Å². The lowest BCUT2D eigenvalue weighted by atomic mass is 9.98. The second kappa shape index (κ2) is 4.37. The summed E-state index contributed by atoms with van der Waals surface area (Å²) in [6.45, 7) is 4.23. The molecule has 2 unspecified atom stereocenters. The van der Waals surface area contributed by atoms with Gasteiger partial charge in [0.1, 0.15) is 11.5 Å². The number of furan rings is 1. The molecule has 2 rings (SSSR count). The topological polar surface area (TPSA) is 28.4 Å². The first-order valence-electron chi connectivity index (χ1n) is 5.63. The van der Waals surface area contributed by atoms with Gasteiger partial charge in [0.25, 0.3) is 0 Å². The number of hydrogen-bond acceptors (Lipinski definition) is 3. The molecule has 15 heavy (non-hydrogen) atoms. The van der Waals surface area contributed by atoms with Gasteiger partial charge in [0.15, 0.2) is 0 Å². The monoisotopic (exact) mass is 208 g/mol. The van der Waals surface area contributed by atoms with Gasteiger partial charge in [-0.1, -0.05) is 0 Å². The van der Waals surface area contributed by atoms with Crippen LogP contribution < -0.4 is 5.32 Å². The summed E-state index contributed by atoms with van der Waals surface area (Å²) in [5.41, 5.74) is 0. The SMILES string of the molecule is CNCC1CCN(C)C1c1ccc(C)o1. The summed E-state index contributed by atoms with van der Waals surface area (Å²) >= 11 is 0. The van der Waals surface area contributed by atoms with Crippen LogP contribution in [0.4, 0.5) is 0 Å². The van der Waals surface area contributed by atoms with Crippen molar-refractivity contribution in [1.82, 2.24) is 10.2 Å². The zero-order valence-electron chi connectivity index (χ0n) is 9.79. The lowest BCUT2D eigenvalue weighted by molar-refractivity contribution is 0.234. The molecule has 0 bridgehead atoms. The second-order valence-corrected chi connectivity index (χ2v) is 4.48. The Balaban J connectivity index is 2.17. The highest BCUT2D eigenvalue weighted by Gasteiger charge is 2.34. The molecule has 0 radical (unpaired) electrons. The molecule has 1 aliphatic rings. The highest BCUT2D eigenvalue weighted by molar-refractivity contribution is 5.12. The zero-order chi connectivity index (χ0) is 10.8. The molecule has 2 atom stereocenters. The van der Waals surface area contributed by atoms with Crippen LogP contribution in [0.1, 0.15) is 24.0 Å². The van der Waals surface area contributed by atoms with Crippen LogP contribution in [0.3, 0.4) is 0 Å². The van der Waals surface area contributed by atoms with E-state index < -0.39 is 0 Å². The van der Waals surface area contributed by atoms with Gasteiger partial charge in [0.2, 0.25) is 0 Å². The first-order valence-corrected chi connectivity index (χ1v) is 5.63. The number of nitrogens with zero attached hydrogens (tertiary/aromatic N) is 1. The molecule has 1 aromatic rings. The number of hydrogen-bond donors (Lipinski definition) is 1. The molecule has 3 nitrogen and oxygen atoms in total. The summed E-state index contributed by atoms with van der Waals surface area (Å²) in [5.74, 6) is 2.80. The molecule has 2 heterocycles. The first-order chi connectivity index (χ1) is 7.22. The van der Waals surface area contributed by atoms with E-state index in [1.165, 1.54) is 6.42 Å². The molecule has 0 aromatic carbocycles. The molecular weight excluding hydrogens is 188 g/mol. The summed E-state index contributed by atoms with van der Waals surface area (Å²) in [7, 11) is 4.20. The number of likely N-dealkylation sites (tertiary alicyclic amines) is 1. The van der Waals surface area contributed by atoms with Crippen molar-refractivity contribution < 1.29 is 4.42 Å². The minimum absolute atomic E-state index is 0.450. The van der Waals surface area contributed by atoms with Crippen molar-refractivity contribution in [2.75, 3.05) is 27.2 Å². The van der Waals surface area contributed by atoms with Gasteiger partial charge in [0.05, 0.1) is 6.04 Å². The molecule has 1 aromatic heterocycles. The van der Waals surface area contributed by atoms with Crippen LogP contribution >= 0.6 is 0 Å². The fourth-order valence-electron chi connectivity index (χ4n) is 2.56. The van der Waals surface area contributed by atoms with E-state index in [1.54, 1.807) is 0 Å².